The molecule has 0 aliphatic heterocycles. The molecule has 4 nitrogen and oxygen atoms in total. The fourth-order valence-electron chi connectivity index (χ4n) is 1.30. The second kappa shape index (κ2) is 7.49. The summed E-state index contributed by atoms with van der Waals surface area (Å²) in [4.78, 5) is 22.1. The summed E-state index contributed by atoms with van der Waals surface area (Å²) in [6.45, 7) is 1.51. The molecule has 0 unspecified atom stereocenters. The van der Waals surface area contributed by atoms with Gasteiger partial charge in [-0.2, -0.15) is 0 Å². The molecule has 1 rings (SSSR count). The van der Waals surface area contributed by atoms with Crippen molar-refractivity contribution in [3.63, 3.8) is 0 Å². The molecule has 1 N–H and O–H groups in total. The highest BCUT2D eigenvalue weighted by molar-refractivity contribution is 8.13. The molecule has 0 aliphatic rings. The quantitative estimate of drug-likeness (QED) is 0.521. The van der Waals surface area contributed by atoms with E-state index < -0.39 is 5.97 Å². The molecule has 0 spiro atoms. The summed E-state index contributed by atoms with van der Waals surface area (Å²) in [5.41, 5.74) is 0.707. The monoisotopic (exact) mass is 278 g/mol. The van der Waals surface area contributed by atoms with Crippen LogP contribution in [0, 0.1) is 11.8 Å². The van der Waals surface area contributed by atoms with E-state index in [-0.39, 0.29) is 16.4 Å². The minimum atomic E-state index is -0.603. The lowest BCUT2D eigenvalue weighted by Crippen LogP contribution is -2.01. The van der Waals surface area contributed by atoms with Crippen LogP contribution in [-0.4, -0.2) is 29.1 Å². The normalized spacial score (nSPS) is 9.37. The molecule has 0 heterocycles. The van der Waals surface area contributed by atoms with E-state index >= 15 is 0 Å². The van der Waals surface area contributed by atoms with Crippen LogP contribution in [0.3, 0.4) is 0 Å². The lowest BCUT2D eigenvalue weighted by atomic mass is 10.1. The van der Waals surface area contributed by atoms with Crippen molar-refractivity contribution in [2.45, 2.75) is 13.3 Å². The van der Waals surface area contributed by atoms with Crippen molar-refractivity contribution < 1.29 is 19.4 Å². The Morgan fingerprint density at radius 2 is 2.16 bits per heavy atom. The number of phenolic OH excluding ortho intramolecular Hbond substituents is 1. The number of carbonyl (C=O) groups excluding carboxylic acids is 2. The van der Waals surface area contributed by atoms with Crippen LogP contribution in [-0.2, 0) is 9.53 Å². The van der Waals surface area contributed by atoms with Crippen molar-refractivity contribution in [3.8, 4) is 17.6 Å². The molecule has 0 bridgehead atoms. The van der Waals surface area contributed by atoms with E-state index in [0.29, 0.717) is 17.7 Å². The molecule has 1 aromatic rings. The van der Waals surface area contributed by atoms with Crippen molar-refractivity contribution >= 4 is 22.8 Å². The van der Waals surface area contributed by atoms with Gasteiger partial charge in [-0.1, -0.05) is 23.6 Å². The molecule has 0 radical (unpaired) electrons. The molecule has 0 aliphatic carbocycles. The van der Waals surface area contributed by atoms with Gasteiger partial charge in [-0.25, -0.2) is 4.79 Å². The number of thioether (sulfide) groups is 1. The summed E-state index contributed by atoms with van der Waals surface area (Å²) in [6.07, 6.45) is 0.582. The predicted octanol–water partition coefficient (Wildman–Crippen LogP) is 2.20. The molecule has 19 heavy (non-hydrogen) atoms. The number of rotatable bonds is 3. The Hall–Kier alpha value is -1.93. The van der Waals surface area contributed by atoms with Gasteiger partial charge < -0.3 is 9.84 Å². The second-order valence-electron chi connectivity index (χ2n) is 3.62. The van der Waals surface area contributed by atoms with Crippen molar-refractivity contribution in [2.24, 2.45) is 0 Å². The first kappa shape index (κ1) is 15.1. The Labute approximate surface area is 116 Å². The molecule has 1 aromatic carbocycles. The molecule has 5 heteroatoms. The molecule has 100 valence electrons. The maximum atomic E-state index is 11.4. The van der Waals surface area contributed by atoms with Crippen molar-refractivity contribution in [3.05, 3.63) is 29.3 Å². The number of hydrogen-bond acceptors (Lipinski definition) is 5. The lowest BCUT2D eigenvalue weighted by Gasteiger charge is -2.02. The van der Waals surface area contributed by atoms with E-state index in [1.54, 1.807) is 6.07 Å². The Bertz CT molecular complexity index is 540. The fourth-order valence-corrected chi connectivity index (χ4v) is 1.79. The highest BCUT2D eigenvalue weighted by Crippen LogP contribution is 2.18. The van der Waals surface area contributed by atoms with E-state index in [4.69, 9.17) is 0 Å². The van der Waals surface area contributed by atoms with Crippen LogP contribution in [0.4, 0.5) is 0 Å². The average molecular weight is 278 g/mol. The van der Waals surface area contributed by atoms with Gasteiger partial charge in [0.2, 0.25) is 0 Å². The van der Waals surface area contributed by atoms with Crippen LogP contribution in [0.5, 0.6) is 5.75 Å². The minimum Gasteiger partial charge on any atom is -0.507 e. The molecule has 0 saturated carbocycles. The van der Waals surface area contributed by atoms with Gasteiger partial charge in [-0.15, -0.1) is 0 Å². The second-order valence-corrected chi connectivity index (χ2v) is 4.89. The predicted molar refractivity (Wildman–Crippen MR) is 74.1 cm³/mol. The summed E-state index contributed by atoms with van der Waals surface area (Å²) >= 11 is 1.23. The van der Waals surface area contributed by atoms with Gasteiger partial charge in [-0.3, -0.25) is 4.79 Å². The average Bonchev–Trinajstić information content (AvgIpc) is 2.39. The third kappa shape index (κ3) is 5.06. The summed E-state index contributed by atoms with van der Waals surface area (Å²) in [6, 6.07) is 4.50. The first-order valence-electron chi connectivity index (χ1n) is 5.58. The van der Waals surface area contributed by atoms with Crippen molar-refractivity contribution in [1.29, 1.82) is 0 Å². The standard InChI is InChI=1S/C14H14O4S/c1-10(15)19-8-4-3-5-11-6-7-13(16)12(9-11)14(17)18-2/h6-7,9,16H,4,8H2,1-2H3. The van der Waals surface area contributed by atoms with Crippen LogP contribution >= 0.6 is 11.8 Å². The highest BCUT2D eigenvalue weighted by atomic mass is 32.2. The van der Waals surface area contributed by atoms with E-state index in [9.17, 15) is 14.7 Å². The number of hydrogen-bond donors (Lipinski definition) is 1. The highest BCUT2D eigenvalue weighted by Gasteiger charge is 2.11. The Kier molecular flexibility index (Phi) is 5.97. The molecule has 0 saturated heterocycles. The SMILES string of the molecule is COC(=O)c1cc(C#CCCSC(C)=O)ccc1O. The van der Waals surface area contributed by atoms with Gasteiger partial charge in [0.25, 0.3) is 0 Å². The first-order valence-corrected chi connectivity index (χ1v) is 6.56. The Morgan fingerprint density at radius 1 is 1.42 bits per heavy atom. The van der Waals surface area contributed by atoms with E-state index in [1.165, 1.54) is 37.9 Å². The molecular formula is C14H14O4S. The smallest absolute Gasteiger partial charge is 0.341 e. The summed E-state index contributed by atoms with van der Waals surface area (Å²) in [7, 11) is 1.25. The number of aromatic hydroxyl groups is 1. The minimum absolute atomic E-state index is 0.0689. The third-order valence-electron chi connectivity index (χ3n) is 2.17. The Balaban J connectivity index is 2.72. The van der Waals surface area contributed by atoms with Crippen LogP contribution in [0.25, 0.3) is 0 Å². The van der Waals surface area contributed by atoms with Gasteiger partial charge in [0, 0.05) is 24.7 Å². The van der Waals surface area contributed by atoms with Crippen LogP contribution in [0.1, 0.15) is 29.3 Å². The fraction of sp³-hybridized carbons (Fsp3) is 0.286. The number of benzene rings is 1. The van der Waals surface area contributed by atoms with E-state index in [1.807, 2.05) is 0 Å². The van der Waals surface area contributed by atoms with Gasteiger partial charge in [0.1, 0.15) is 11.3 Å². The van der Waals surface area contributed by atoms with Crippen LogP contribution < -0.4 is 0 Å². The zero-order chi connectivity index (χ0) is 14.3. The number of phenols is 1. The lowest BCUT2D eigenvalue weighted by molar-refractivity contribution is -0.109. The number of methoxy groups -OCH3 is 1. The summed E-state index contributed by atoms with van der Waals surface area (Å²) in [5.74, 6) is 5.68. The van der Waals surface area contributed by atoms with E-state index in [2.05, 4.69) is 16.6 Å². The maximum absolute atomic E-state index is 11.4. The largest absolute Gasteiger partial charge is 0.507 e. The van der Waals surface area contributed by atoms with Crippen LogP contribution in [0.2, 0.25) is 0 Å². The molecule has 0 atom stereocenters. The molecule has 0 fully saturated rings. The number of ether oxygens (including phenoxy) is 1. The summed E-state index contributed by atoms with van der Waals surface area (Å²) < 4.78 is 4.55. The number of esters is 1. The third-order valence-corrected chi connectivity index (χ3v) is 2.98. The van der Waals surface area contributed by atoms with Crippen molar-refractivity contribution in [2.75, 3.05) is 12.9 Å². The zero-order valence-corrected chi connectivity index (χ0v) is 11.5. The molecule has 0 aromatic heterocycles. The number of carbonyl (C=O) groups is 2. The van der Waals surface area contributed by atoms with Gasteiger partial charge in [-0.05, 0) is 18.2 Å². The molecular weight excluding hydrogens is 264 g/mol. The van der Waals surface area contributed by atoms with Gasteiger partial charge in [0.05, 0.1) is 7.11 Å². The Morgan fingerprint density at radius 3 is 2.79 bits per heavy atom. The topological polar surface area (TPSA) is 63.6 Å². The van der Waals surface area contributed by atoms with Gasteiger partial charge >= 0.3 is 5.97 Å². The molecule has 0 amide bonds. The van der Waals surface area contributed by atoms with Crippen LogP contribution in [0.15, 0.2) is 18.2 Å². The summed E-state index contributed by atoms with van der Waals surface area (Å²) in [5, 5.41) is 9.59. The maximum Gasteiger partial charge on any atom is 0.341 e. The first-order chi connectivity index (χ1) is 9.04. The van der Waals surface area contributed by atoms with Gasteiger partial charge in [0.15, 0.2) is 5.12 Å². The van der Waals surface area contributed by atoms with Crippen molar-refractivity contribution in [1.82, 2.24) is 0 Å². The zero-order valence-electron chi connectivity index (χ0n) is 10.7. The van der Waals surface area contributed by atoms with E-state index in [0.717, 1.165) is 0 Å².